The molecule has 1 N–H and O–H groups in total. The molecule has 2 aromatic rings. The van der Waals surface area contributed by atoms with Crippen LogP contribution in [0.25, 0.3) is 0 Å². The van der Waals surface area contributed by atoms with Gasteiger partial charge in [-0.3, -0.25) is 4.79 Å². The number of benzene rings is 1. The van der Waals surface area contributed by atoms with Crippen LogP contribution in [-0.4, -0.2) is 23.5 Å². The number of carbonyl (C=O) groups excluding carboxylic acids is 2. The predicted octanol–water partition coefficient (Wildman–Crippen LogP) is 5.14. The maximum Gasteiger partial charge on any atom is 0.341 e. The second kappa shape index (κ2) is 8.23. The number of pyridine rings is 1. The second-order valence-electron chi connectivity index (χ2n) is 4.33. The van der Waals surface area contributed by atoms with E-state index in [1.165, 1.54) is 24.4 Å². The Bertz CT molecular complexity index is 813. The van der Waals surface area contributed by atoms with Gasteiger partial charge in [0.1, 0.15) is 0 Å². The SMILES string of the molecule is O=C(COC(=O)c1c(Cl)ccc(Cl)c1Cl)Nc1ncc(Cl)cc1Cl. The predicted molar refractivity (Wildman–Crippen MR) is 94.6 cm³/mol. The standard InChI is InChI=1S/C14H7Cl5N2O3/c15-6-3-9(18)13(20-4-6)21-10(22)5-24-14(23)11-7(16)1-2-8(17)12(11)19/h1-4H,5H2,(H,20,21,22). The molecule has 1 heterocycles. The third kappa shape index (κ3) is 4.65. The maximum atomic E-state index is 12.0. The van der Waals surface area contributed by atoms with Crippen LogP contribution in [-0.2, 0) is 9.53 Å². The largest absolute Gasteiger partial charge is 0.452 e. The van der Waals surface area contributed by atoms with Gasteiger partial charge in [0.25, 0.3) is 5.91 Å². The summed E-state index contributed by atoms with van der Waals surface area (Å²) in [6, 6.07) is 4.23. The van der Waals surface area contributed by atoms with Crippen molar-refractivity contribution < 1.29 is 14.3 Å². The first kappa shape index (κ1) is 19.1. The van der Waals surface area contributed by atoms with E-state index in [9.17, 15) is 9.59 Å². The molecule has 0 fully saturated rings. The van der Waals surface area contributed by atoms with Crippen molar-refractivity contribution in [1.29, 1.82) is 0 Å². The van der Waals surface area contributed by atoms with E-state index in [0.717, 1.165) is 0 Å². The Balaban J connectivity index is 2.02. The summed E-state index contributed by atoms with van der Waals surface area (Å²) in [6.45, 7) is -0.599. The third-order valence-electron chi connectivity index (χ3n) is 2.65. The molecule has 0 aliphatic carbocycles. The number of hydrogen-bond acceptors (Lipinski definition) is 4. The lowest BCUT2D eigenvalue weighted by molar-refractivity contribution is -0.119. The lowest BCUT2D eigenvalue weighted by Gasteiger charge is -2.09. The summed E-state index contributed by atoms with van der Waals surface area (Å²) in [5.41, 5.74) is -0.124. The van der Waals surface area contributed by atoms with E-state index < -0.39 is 18.5 Å². The minimum atomic E-state index is -0.891. The highest BCUT2D eigenvalue weighted by Gasteiger charge is 2.20. The van der Waals surface area contributed by atoms with Crippen LogP contribution >= 0.6 is 58.0 Å². The van der Waals surface area contributed by atoms with Crippen molar-refractivity contribution in [1.82, 2.24) is 4.98 Å². The van der Waals surface area contributed by atoms with Gasteiger partial charge in [-0.2, -0.15) is 0 Å². The smallest absolute Gasteiger partial charge is 0.341 e. The van der Waals surface area contributed by atoms with E-state index in [1.807, 2.05) is 0 Å². The Morgan fingerprint density at radius 2 is 1.71 bits per heavy atom. The van der Waals surface area contributed by atoms with Gasteiger partial charge in [0, 0.05) is 6.20 Å². The Morgan fingerprint density at radius 1 is 1.04 bits per heavy atom. The highest BCUT2D eigenvalue weighted by atomic mass is 35.5. The minimum absolute atomic E-state index is 0.0530. The Hall–Kier alpha value is -1.24. The van der Waals surface area contributed by atoms with Crippen molar-refractivity contribution in [3.63, 3.8) is 0 Å². The minimum Gasteiger partial charge on any atom is -0.452 e. The zero-order valence-electron chi connectivity index (χ0n) is 11.6. The molecule has 0 radical (unpaired) electrons. The first-order valence-corrected chi connectivity index (χ1v) is 8.10. The Morgan fingerprint density at radius 3 is 2.38 bits per heavy atom. The normalized spacial score (nSPS) is 10.4. The number of amides is 1. The topological polar surface area (TPSA) is 68.3 Å². The number of nitrogens with zero attached hydrogens (tertiary/aromatic N) is 1. The van der Waals surface area contributed by atoms with Crippen LogP contribution < -0.4 is 5.32 Å². The van der Waals surface area contributed by atoms with Crippen molar-refractivity contribution >= 4 is 75.7 Å². The van der Waals surface area contributed by atoms with Gasteiger partial charge < -0.3 is 10.1 Å². The van der Waals surface area contributed by atoms with Crippen LogP contribution in [0.2, 0.25) is 25.1 Å². The van der Waals surface area contributed by atoms with E-state index in [1.54, 1.807) is 0 Å². The quantitative estimate of drug-likeness (QED) is 0.541. The van der Waals surface area contributed by atoms with Gasteiger partial charge in [-0.05, 0) is 18.2 Å². The first-order chi connectivity index (χ1) is 11.3. The molecule has 10 heteroatoms. The van der Waals surface area contributed by atoms with Crippen LogP contribution in [0, 0.1) is 0 Å². The zero-order valence-corrected chi connectivity index (χ0v) is 15.4. The van der Waals surface area contributed by atoms with Crippen molar-refractivity contribution in [2.75, 3.05) is 11.9 Å². The second-order valence-corrected chi connectivity index (χ2v) is 6.36. The lowest BCUT2D eigenvalue weighted by Crippen LogP contribution is -2.22. The van der Waals surface area contributed by atoms with E-state index in [-0.39, 0.29) is 31.5 Å². The maximum absolute atomic E-state index is 12.0. The van der Waals surface area contributed by atoms with Crippen LogP contribution in [0.15, 0.2) is 24.4 Å². The highest BCUT2D eigenvalue weighted by Crippen LogP contribution is 2.31. The summed E-state index contributed by atoms with van der Waals surface area (Å²) >= 11 is 29.2. The molecule has 0 spiro atoms. The molecular weight excluding hydrogens is 421 g/mol. The summed E-state index contributed by atoms with van der Waals surface area (Å²) in [6.07, 6.45) is 1.31. The summed E-state index contributed by atoms with van der Waals surface area (Å²) in [7, 11) is 0. The van der Waals surface area contributed by atoms with E-state index in [0.29, 0.717) is 5.02 Å². The monoisotopic (exact) mass is 426 g/mol. The molecule has 126 valence electrons. The summed E-state index contributed by atoms with van der Waals surface area (Å²) in [5.74, 6) is -1.46. The molecule has 0 unspecified atom stereocenters. The molecule has 5 nitrogen and oxygen atoms in total. The third-order valence-corrected chi connectivity index (χ3v) is 4.26. The molecule has 0 saturated heterocycles. The zero-order chi connectivity index (χ0) is 17.9. The molecule has 1 aromatic heterocycles. The van der Waals surface area contributed by atoms with Gasteiger partial charge >= 0.3 is 5.97 Å². The Kier molecular flexibility index (Phi) is 6.54. The first-order valence-electron chi connectivity index (χ1n) is 6.21. The molecule has 0 bridgehead atoms. The fraction of sp³-hybridized carbons (Fsp3) is 0.0714. The molecule has 2 rings (SSSR count). The lowest BCUT2D eigenvalue weighted by atomic mass is 10.2. The summed E-state index contributed by atoms with van der Waals surface area (Å²) in [4.78, 5) is 27.7. The molecule has 0 aliphatic rings. The number of aromatic nitrogens is 1. The highest BCUT2D eigenvalue weighted by molar-refractivity contribution is 6.46. The number of nitrogens with one attached hydrogen (secondary N) is 1. The number of ether oxygens (including phenoxy) is 1. The average molecular weight is 428 g/mol. The Labute approximate surface area is 161 Å². The van der Waals surface area contributed by atoms with Gasteiger partial charge in [-0.1, -0.05) is 58.0 Å². The van der Waals surface area contributed by atoms with Crippen LogP contribution in [0.5, 0.6) is 0 Å². The van der Waals surface area contributed by atoms with Crippen molar-refractivity contribution in [3.8, 4) is 0 Å². The van der Waals surface area contributed by atoms with E-state index in [4.69, 9.17) is 62.7 Å². The number of anilines is 1. The molecular formula is C14H7Cl5N2O3. The molecule has 1 amide bonds. The van der Waals surface area contributed by atoms with Crippen LogP contribution in [0.4, 0.5) is 5.82 Å². The van der Waals surface area contributed by atoms with E-state index >= 15 is 0 Å². The average Bonchev–Trinajstić information content (AvgIpc) is 2.52. The molecule has 0 atom stereocenters. The molecule has 0 aliphatic heterocycles. The summed E-state index contributed by atoms with van der Waals surface area (Å²) in [5, 5.41) is 2.96. The van der Waals surface area contributed by atoms with Gasteiger partial charge in [-0.25, -0.2) is 9.78 Å². The fourth-order valence-electron chi connectivity index (χ4n) is 1.59. The van der Waals surface area contributed by atoms with Gasteiger partial charge in [0.05, 0.1) is 30.7 Å². The van der Waals surface area contributed by atoms with Crippen molar-refractivity contribution in [2.45, 2.75) is 0 Å². The van der Waals surface area contributed by atoms with Gasteiger partial charge in [0.15, 0.2) is 12.4 Å². The van der Waals surface area contributed by atoms with Gasteiger partial charge in [0.2, 0.25) is 0 Å². The number of hydrogen-bond donors (Lipinski definition) is 1. The molecule has 0 saturated carbocycles. The molecule has 24 heavy (non-hydrogen) atoms. The molecule has 1 aromatic carbocycles. The number of esters is 1. The number of rotatable bonds is 4. The van der Waals surface area contributed by atoms with Gasteiger partial charge in [-0.15, -0.1) is 0 Å². The number of halogens is 5. The number of carbonyl (C=O) groups is 2. The summed E-state index contributed by atoms with van der Waals surface area (Å²) < 4.78 is 4.87. The van der Waals surface area contributed by atoms with Crippen molar-refractivity contribution in [3.05, 3.63) is 55.1 Å². The fourth-order valence-corrected chi connectivity index (χ4v) is 2.70. The van der Waals surface area contributed by atoms with Crippen LogP contribution in [0.1, 0.15) is 10.4 Å². The van der Waals surface area contributed by atoms with E-state index in [2.05, 4.69) is 10.3 Å². The van der Waals surface area contributed by atoms with Crippen LogP contribution in [0.3, 0.4) is 0 Å². The van der Waals surface area contributed by atoms with Crippen molar-refractivity contribution in [2.24, 2.45) is 0 Å².